The normalized spacial score (nSPS) is 11.4. The van der Waals surface area contributed by atoms with E-state index in [2.05, 4.69) is 4.85 Å². The molecule has 0 radical (unpaired) electrons. The molecule has 4 heteroatoms. The van der Waals surface area contributed by atoms with E-state index >= 15 is 0 Å². The maximum Gasteiger partial charge on any atom is 1.00 e. The van der Waals surface area contributed by atoms with Crippen LogP contribution in [0.1, 0.15) is 13.8 Å². The largest absolute Gasteiger partial charge is 1.00 e. The van der Waals surface area contributed by atoms with Gasteiger partial charge in [-0.1, -0.05) is 13.8 Å². The van der Waals surface area contributed by atoms with E-state index in [-0.39, 0.29) is 57.3 Å². The van der Waals surface area contributed by atoms with Crippen molar-refractivity contribution in [2.75, 3.05) is 0 Å². The second-order valence-corrected chi connectivity index (χ2v) is 2.14. The Morgan fingerprint density at radius 1 is 1.60 bits per heavy atom. The first-order valence-corrected chi connectivity index (χ1v) is 2.67. The molecule has 0 heterocycles. The van der Waals surface area contributed by atoms with E-state index in [4.69, 9.17) is 6.57 Å². The molecule has 0 bridgehead atoms. The van der Waals surface area contributed by atoms with Crippen molar-refractivity contribution in [3.63, 3.8) is 0 Å². The monoisotopic (exact) mass is 165 g/mol. The van der Waals surface area contributed by atoms with Gasteiger partial charge in [0.05, 0.1) is 0 Å². The van der Waals surface area contributed by atoms with Crippen molar-refractivity contribution >= 4 is 5.97 Å². The molecule has 0 aromatic heterocycles. The molecule has 0 aromatic rings. The van der Waals surface area contributed by atoms with Crippen LogP contribution in [0.2, 0.25) is 0 Å². The van der Waals surface area contributed by atoms with E-state index < -0.39 is 12.0 Å². The fraction of sp³-hybridized carbons (Fsp3) is 0.667. The van der Waals surface area contributed by atoms with Crippen molar-refractivity contribution in [3.8, 4) is 0 Å². The third-order valence-electron chi connectivity index (χ3n) is 1.01. The van der Waals surface area contributed by atoms with Gasteiger partial charge in [-0.05, 0) is 0 Å². The Hall–Kier alpha value is 0.596. The Bertz CT molecular complexity index is 150. The molecule has 1 unspecified atom stereocenters. The van der Waals surface area contributed by atoms with E-state index in [0.29, 0.717) is 0 Å². The summed E-state index contributed by atoms with van der Waals surface area (Å²) in [5.41, 5.74) is 0. The van der Waals surface area contributed by atoms with E-state index in [1.165, 1.54) is 0 Å². The van der Waals surface area contributed by atoms with Crippen LogP contribution in [-0.4, -0.2) is 12.0 Å². The van der Waals surface area contributed by atoms with Crippen LogP contribution in [0.4, 0.5) is 0 Å². The minimum Gasteiger partial charge on any atom is -0.543 e. The van der Waals surface area contributed by atoms with Crippen molar-refractivity contribution in [1.29, 1.82) is 0 Å². The molecule has 0 amide bonds. The van der Waals surface area contributed by atoms with Gasteiger partial charge in [0.1, 0.15) is 5.97 Å². The smallest absolute Gasteiger partial charge is 0.543 e. The Kier molecular flexibility index (Phi) is 8.34. The minimum atomic E-state index is -1.28. The molecule has 0 spiro atoms. The molecule has 10 heavy (non-hydrogen) atoms. The van der Waals surface area contributed by atoms with Crippen LogP contribution in [0.3, 0.4) is 0 Å². The molecule has 0 aliphatic carbocycles. The summed E-state index contributed by atoms with van der Waals surface area (Å²) in [4.78, 5) is 12.9. The molecule has 0 aliphatic rings. The number of carbonyl (C=O) groups is 1. The van der Waals surface area contributed by atoms with E-state index in [0.717, 1.165) is 0 Å². The predicted octanol–water partition coefficient (Wildman–Crippen LogP) is -3.32. The first-order chi connectivity index (χ1) is 4.09. The number of hydrogen-bond acceptors (Lipinski definition) is 2. The summed E-state index contributed by atoms with van der Waals surface area (Å²) in [7, 11) is 0. The van der Waals surface area contributed by atoms with Crippen molar-refractivity contribution < 1.29 is 61.3 Å². The van der Waals surface area contributed by atoms with Crippen LogP contribution >= 0.6 is 0 Å². The third kappa shape index (κ3) is 4.42. The Morgan fingerprint density at radius 2 is 2.00 bits per heavy atom. The summed E-state index contributed by atoms with van der Waals surface area (Å²) < 4.78 is 0. The molecule has 0 rings (SSSR count). The zero-order valence-corrected chi connectivity index (χ0v) is 9.54. The molecule has 3 nitrogen and oxygen atoms in total. The summed E-state index contributed by atoms with van der Waals surface area (Å²) >= 11 is 0. The van der Waals surface area contributed by atoms with Gasteiger partial charge in [0, 0.05) is 5.92 Å². The van der Waals surface area contributed by atoms with Gasteiger partial charge in [-0.15, -0.1) is 0 Å². The van der Waals surface area contributed by atoms with Gasteiger partial charge in [-0.3, -0.25) is 0 Å². The Balaban J connectivity index is 0. The van der Waals surface area contributed by atoms with Crippen LogP contribution in [-0.2, 0) is 4.79 Å². The zero-order valence-electron chi connectivity index (χ0n) is 6.42. The van der Waals surface area contributed by atoms with Crippen LogP contribution in [0.25, 0.3) is 4.85 Å². The minimum absolute atomic E-state index is 0. The molecule has 0 N–H and O–H groups in total. The number of nitrogens with zero attached hydrogens (tertiary/aromatic N) is 1. The second kappa shape index (κ2) is 6.32. The topological polar surface area (TPSA) is 44.5 Å². The predicted molar refractivity (Wildman–Crippen MR) is 30.2 cm³/mol. The average Bonchev–Trinajstić information content (AvgIpc) is 1.64. The number of rotatable bonds is 2. The number of carbonyl (C=O) groups excluding carboxylic acids is 1. The molecule has 1 atom stereocenters. The summed E-state index contributed by atoms with van der Waals surface area (Å²) in [6.45, 7) is 9.78. The first kappa shape index (κ1) is 13.2. The van der Waals surface area contributed by atoms with Crippen molar-refractivity contribution in [2.45, 2.75) is 19.9 Å². The summed E-state index contributed by atoms with van der Waals surface area (Å²) in [6.07, 6.45) is 0. The van der Waals surface area contributed by atoms with Crippen molar-refractivity contribution in [3.05, 3.63) is 11.4 Å². The van der Waals surface area contributed by atoms with Crippen LogP contribution < -0.4 is 56.5 Å². The molecule has 0 fully saturated rings. The third-order valence-corrected chi connectivity index (χ3v) is 1.01. The second-order valence-electron chi connectivity index (χ2n) is 2.14. The summed E-state index contributed by atoms with van der Waals surface area (Å²) in [6, 6.07) is -0.981. The Labute approximate surface area is 103 Å². The van der Waals surface area contributed by atoms with Crippen molar-refractivity contribution in [1.82, 2.24) is 0 Å². The summed E-state index contributed by atoms with van der Waals surface area (Å²) in [5, 5.41) is 10.0. The van der Waals surface area contributed by atoms with Gasteiger partial charge >= 0.3 is 51.4 Å². The first-order valence-electron chi connectivity index (χ1n) is 2.67. The quantitative estimate of drug-likeness (QED) is 0.317. The van der Waals surface area contributed by atoms with E-state index in [1.54, 1.807) is 13.8 Å². The number of carboxylic acids is 1. The van der Waals surface area contributed by atoms with E-state index in [9.17, 15) is 9.90 Å². The maximum atomic E-state index is 10.0. The van der Waals surface area contributed by atoms with Gasteiger partial charge in [0.25, 0.3) is 6.04 Å². The maximum absolute atomic E-state index is 10.0. The van der Waals surface area contributed by atoms with Crippen LogP contribution in [0.5, 0.6) is 0 Å². The van der Waals surface area contributed by atoms with E-state index in [1.807, 2.05) is 0 Å². The van der Waals surface area contributed by atoms with Gasteiger partial charge < -0.3 is 14.7 Å². The number of aliphatic carboxylic acids is 1. The molecule has 0 aliphatic heterocycles. The summed E-state index contributed by atoms with van der Waals surface area (Å²) in [5.74, 6) is -1.44. The molecular formula is C6H8KNO2. The fourth-order valence-electron chi connectivity index (χ4n) is 0.474. The standard InChI is InChI=1S/C6H9NO2.K/c1-4(2)5(7-3)6(8)9;/h4-5H,1-2H3,(H,8,9);/q;+1/p-1. The van der Waals surface area contributed by atoms with Crippen LogP contribution in [0.15, 0.2) is 0 Å². The van der Waals surface area contributed by atoms with Crippen molar-refractivity contribution in [2.24, 2.45) is 5.92 Å². The molecule has 0 saturated heterocycles. The fourth-order valence-corrected chi connectivity index (χ4v) is 0.474. The van der Waals surface area contributed by atoms with Gasteiger partial charge in [0.15, 0.2) is 0 Å². The van der Waals surface area contributed by atoms with Crippen LogP contribution in [0, 0.1) is 12.5 Å². The molecule has 0 saturated carbocycles. The SMILES string of the molecule is [C-]#[N+]C(C(=O)[O-])C(C)C.[K+]. The van der Waals surface area contributed by atoms with Gasteiger partial charge in [-0.25, -0.2) is 6.57 Å². The van der Waals surface area contributed by atoms with Gasteiger partial charge in [0.2, 0.25) is 0 Å². The average molecular weight is 165 g/mol. The molecule has 0 aromatic carbocycles. The van der Waals surface area contributed by atoms with Gasteiger partial charge in [-0.2, -0.15) is 0 Å². The Morgan fingerprint density at radius 3 is 2.00 bits per heavy atom. The number of carboxylic acid groups (broad SMARTS) is 1. The molecule has 50 valence electrons. The zero-order chi connectivity index (χ0) is 7.44. The number of hydrogen-bond donors (Lipinski definition) is 0. The molecular weight excluding hydrogens is 157 g/mol.